The molecule has 3 rings (SSSR count). The van der Waals surface area contributed by atoms with Crippen molar-refractivity contribution in [2.45, 2.75) is 32.4 Å². The van der Waals surface area contributed by atoms with Gasteiger partial charge in [0.25, 0.3) is 0 Å². The monoisotopic (exact) mass is 272 g/mol. The van der Waals surface area contributed by atoms with Crippen LogP contribution in [0.1, 0.15) is 19.0 Å². The first-order valence-electron chi connectivity index (χ1n) is 7.07. The molecule has 0 aliphatic carbocycles. The molecule has 1 aromatic heterocycles. The number of fused-ring (bicyclic) bond motifs is 1. The minimum atomic E-state index is -0.663. The van der Waals surface area contributed by atoms with Crippen LogP contribution >= 0.6 is 0 Å². The molecule has 0 radical (unpaired) electrons. The minimum absolute atomic E-state index is 0.0765. The summed E-state index contributed by atoms with van der Waals surface area (Å²) in [4.78, 5) is 14.0. The molecule has 1 aliphatic heterocycles. The highest BCUT2D eigenvalue weighted by Gasteiger charge is 2.41. The van der Waals surface area contributed by atoms with Crippen molar-refractivity contribution in [1.29, 1.82) is 0 Å². The third-order valence-corrected chi connectivity index (χ3v) is 4.29. The highest BCUT2D eigenvalue weighted by molar-refractivity contribution is 5.84. The lowest BCUT2D eigenvalue weighted by molar-refractivity contribution is -0.156. The number of nitrogens with zero attached hydrogens (tertiary/aromatic N) is 2. The number of carbonyl (C=O) groups excluding carboxylic acids is 1. The molecule has 20 heavy (non-hydrogen) atoms. The number of aryl methyl sites for hydroxylation is 1. The van der Waals surface area contributed by atoms with Gasteiger partial charge in [-0.15, -0.1) is 0 Å². The Balaban J connectivity index is 1.77. The lowest BCUT2D eigenvalue weighted by Crippen LogP contribution is -2.63. The second-order valence-electron chi connectivity index (χ2n) is 5.76. The number of hydrogen-bond donors (Lipinski definition) is 1. The number of rotatable bonds is 3. The summed E-state index contributed by atoms with van der Waals surface area (Å²) in [5.41, 5.74) is 1.51. The number of β-amino-alcohol motifs (C(OH)–C–C–N with tert-alkyl or cyclic N) is 1. The molecule has 0 unspecified atom stereocenters. The predicted octanol–water partition coefficient (Wildman–Crippen LogP) is 1.93. The number of para-hydroxylation sites is 1. The van der Waals surface area contributed by atoms with Crippen molar-refractivity contribution >= 4 is 16.8 Å². The van der Waals surface area contributed by atoms with Gasteiger partial charge in [0.2, 0.25) is 5.91 Å². The molecule has 4 nitrogen and oxygen atoms in total. The molecule has 0 atom stereocenters. The van der Waals surface area contributed by atoms with Gasteiger partial charge in [-0.3, -0.25) is 4.79 Å². The Kier molecular flexibility index (Phi) is 3.05. The van der Waals surface area contributed by atoms with Gasteiger partial charge in [0, 0.05) is 11.2 Å². The van der Waals surface area contributed by atoms with Gasteiger partial charge in [0.15, 0.2) is 0 Å². The Labute approximate surface area is 118 Å². The predicted molar refractivity (Wildman–Crippen MR) is 78.5 cm³/mol. The molecule has 0 saturated carbocycles. The zero-order valence-corrected chi connectivity index (χ0v) is 12.0. The summed E-state index contributed by atoms with van der Waals surface area (Å²) in [5, 5.41) is 11.1. The zero-order valence-electron chi connectivity index (χ0n) is 12.0. The van der Waals surface area contributed by atoms with E-state index in [-0.39, 0.29) is 5.91 Å². The number of carbonyl (C=O) groups is 1. The summed E-state index contributed by atoms with van der Waals surface area (Å²) >= 11 is 0. The van der Waals surface area contributed by atoms with Crippen LogP contribution in [0.5, 0.6) is 0 Å². The van der Waals surface area contributed by atoms with Crippen LogP contribution in [0.2, 0.25) is 0 Å². The van der Waals surface area contributed by atoms with Gasteiger partial charge in [0.05, 0.1) is 18.7 Å². The quantitative estimate of drug-likeness (QED) is 0.928. The number of benzene rings is 1. The summed E-state index contributed by atoms with van der Waals surface area (Å²) in [6.45, 7) is 5.23. The first kappa shape index (κ1) is 13.2. The molecule has 1 aromatic carbocycles. The SMILES string of the molecule is CCC1(O)CN(C(=O)Cn2c(C)cc3ccccc32)C1. The zero-order chi connectivity index (χ0) is 14.3. The Morgan fingerprint density at radius 1 is 1.35 bits per heavy atom. The van der Waals surface area contributed by atoms with E-state index in [9.17, 15) is 9.90 Å². The number of amides is 1. The Morgan fingerprint density at radius 3 is 2.75 bits per heavy atom. The summed E-state index contributed by atoms with van der Waals surface area (Å²) in [7, 11) is 0. The van der Waals surface area contributed by atoms with Crippen LogP contribution in [-0.4, -0.2) is 39.2 Å². The molecule has 1 fully saturated rings. The molecule has 4 heteroatoms. The number of aliphatic hydroxyl groups is 1. The largest absolute Gasteiger partial charge is 0.386 e. The molecule has 1 amide bonds. The lowest BCUT2D eigenvalue weighted by atomic mass is 9.91. The van der Waals surface area contributed by atoms with E-state index in [2.05, 4.69) is 12.1 Å². The van der Waals surface area contributed by atoms with Crippen molar-refractivity contribution in [2.24, 2.45) is 0 Å². The molecule has 2 aromatic rings. The van der Waals surface area contributed by atoms with Gasteiger partial charge in [-0.2, -0.15) is 0 Å². The van der Waals surface area contributed by atoms with Crippen LogP contribution in [0.4, 0.5) is 0 Å². The van der Waals surface area contributed by atoms with Crippen molar-refractivity contribution < 1.29 is 9.90 Å². The highest BCUT2D eigenvalue weighted by atomic mass is 16.3. The molecule has 2 heterocycles. The van der Waals surface area contributed by atoms with E-state index < -0.39 is 5.60 Å². The summed E-state index contributed by atoms with van der Waals surface area (Å²) < 4.78 is 2.04. The molecular weight excluding hydrogens is 252 g/mol. The van der Waals surface area contributed by atoms with Gasteiger partial charge in [-0.1, -0.05) is 25.1 Å². The maximum absolute atomic E-state index is 12.3. The lowest BCUT2D eigenvalue weighted by Gasteiger charge is -2.46. The fourth-order valence-electron chi connectivity index (χ4n) is 2.86. The Bertz CT molecular complexity index is 654. The molecule has 1 aliphatic rings. The molecule has 0 spiro atoms. The maximum atomic E-state index is 12.3. The molecule has 1 saturated heterocycles. The summed E-state index contributed by atoms with van der Waals surface area (Å²) in [5.74, 6) is 0.0765. The Morgan fingerprint density at radius 2 is 2.05 bits per heavy atom. The Hall–Kier alpha value is -1.81. The van der Waals surface area contributed by atoms with Crippen LogP contribution in [-0.2, 0) is 11.3 Å². The number of hydrogen-bond acceptors (Lipinski definition) is 2. The van der Waals surface area contributed by atoms with Crippen molar-refractivity contribution in [3.8, 4) is 0 Å². The first-order chi connectivity index (χ1) is 9.52. The van der Waals surface area contributed by atoms with Crippen LogP contribution in [0.3, 0.4) is 0 Å². The van der Waals surface area contributed by atoms with E-state index in [1.807, 2.05) is 36.6 Å². The van der Waals surface area contributed by atoms with Crippen molar-refractivity contribution in [3.63, 3.8) is 0 Å². The topological polar surface area (TPSA) is 45.5 Å². The average Bonchev–Trinajstić information content (AvgIpc) is 2.71. The second kappa shape index (κ2) is 4.63. The molecule has 0 bridgehead atoms. The van der Waals surface area contributed by atoms with E-state index >= 15 is 0 Å². The van der Waals surface area contributed by atoms with E-state index in [4.69, 9.17) is 0 Å². The standard InChI is InChI=1S/C16H20N2O2/c1-3-16(20)10-17(11-16)15(19)9-18-12(2)8-13-6-4-5-7-14(13)18/h4-8,20H,3,9-11H2,1-2H3. The summed E-state index contributed by atoms with van der Waals surface area (Å²) in [6, 6.07) is 10.2. The van der Waals surface area contributed by atoms with E-state index in [1.165, 1.54) is 0 Å². The molecular formula is C16H20N2O2. The third kappa shape index (κ3) is 2.10. The van der Waals surface area contributed by atoms with Gasteiger partial charge >= 0.3 is 0 Å². The molecule has 106 valence electrons. The smallest absolute Gasteiger partial charge is 0.242 e. The van der Waals surface area contributed by atoms with Gasteiger partial charge < -0.3 is 14.6 Å². The number of aromatic nitrogens is 1. The van der Waals surface area contributed by atoms with E-state index in [1.54, 1.807) is 4.90 Å². The maximum Gasteiger partial charge on any atom is 0.242 e. The van der Waals surface area contributed by atoms with Crippen molar-refractivity contribution in [3.05, 3.63) is 36.0 Å². The minimum Gasteiger partial charge on any atom is -0.386 e. The van der Waals surface area contributed by atoms with Gasteiger partial charge in [0.1, 0.15) is 6.54 Å². The normalized spacial score (nSPS) is 17.2. The average molecular weight is 272 g/mol. The van der Waals surface area contributed by atoms with Gasteiger partial charge in [-0.25, -0.2) is 0 Å². The third-order valence-electron chi connectivity index (χ3n) is 4.29. The van der Waals surface area contributed by atoms with Crippen LogP contribution in [0.15, 0.2) is 30.3 Å². The second-order valence-corrected chi connectivity index (χ2v) is 5.76. The fourth-order valence-corrected chi connectivity index (χ4v) is 2.86. The number of likely N-dealkylation sites (tertiary alicyclic amines) is 1. The van der Waals surface area contributed by atoms with Crippen LogP contribution in [0.25, 0.3) is 10.9 Å². The van der Waals surface area contributed by atoms with Crippen LogP contribution in [0, 0.1) is 6.92 Å². The highest BCUT2D eigenvalue weighted by Crippen LogP contribution is 2.25. The molecule has 1 N–H and O–H groups in total. The van der Waals surface area contributed by atoms with Crippen molar-refractivity contribution in [1.82, 2.24) is 9.47 Å². The van der Waals surface area contributed by atoms with Crippen LogP contribution < -0.4 is 0 Å². The fraction of sp³-hybridized carbons (Fsp3) is 0.438. The van der Waals surface area contributed by atoms with E-state index in [0.29, 0.717) is 26.1 Å². The van der Waals surface area contributed by atoms with Crippen molar-refractivity contribution in [2.75, 3.05) is 13.1 Å². The van der Waals surface area contributed by atoms with Gasteiger partial charge in [-0.05, 0) is 30.9 Å². The summed E-state index contributed by atoms with van der Waals surface area (Å²) in [6.07, 6.45) is 0.697. The first-order valence-corrected chi connectivity index (χ1v) is 7.07. The van der Waals surface area contributed by atoms with E-state index in [0.717, 1.165) is 16.6 Å².